The summed E-state index contributed by atoms with van der Waals surface area (Å²) in [4.78, 5) is 19.5. The maximum absolute atomic E-state index is 11.5. The van der Waals surface area contributed by atoms with Gasteiger partial charge in [-0.05, 0) is 12.8 Å². The molecule has 6 nitrogen and oxygen atoms in total. The number of hydrogen-bond donors (Lipinski definition) is 3. The highest BCUT2D eigenvalue weighted by Gasteiger charge is 2.43. The molecule has 0 aliphatic heterocycles. The molecule has 2 aromatic rings. The van der Waals surface area contributed by atoms with Crippen LogP contribution in [0.3, 0.4) is 0 Å². The van der Waals surface area contributed by atoms with E-state index in [9.17, 15) is 4.79 Å². The van der Waals surface area contributed by atoms with Crippen molar-refractivity contribution in [2.75, 3.05) is 0 Å². The molecular formula is C8H9N5O. The van der Waals surface area contributed by atoms with Gasteiger partial charge in [0.15, 0.2) is 5.65 Å². The van der Waals surface area contributed by atoms with Crippen molar-refractivity contribution in [2.45, 2.75) is 18.4 Å². The molecular weight excluding hydrogens is 182 g/mol. The largest absolute Gasteiger partial charge is 0.320 e. The predicted molar refractivity (Wildman–Crippen MR) is 49.6 cm³/mol. The maximum atomic E-state index is 11.5. The summed E-state index contributed by atoms with van der Waals surface area (Å²) in [7, 11) is 0. The molecule has 6 heteroatoms. The van der Waals surface area contributed by atoms with Crippen molar-refractivity contribution in [2.24, 2.45) is 5.73 Å². The lowest BCUT2D eigenvalue weighted by atomic mass is 10.1. The third-order valence-corrected chi connectivity index (χ3v) is 2.63. The van der Waals surface area contributed by atoms with E-state index in [-0.39, 0.29) is 5.56 Å². The van der Waals surface area contributed by atoms with Crippen LogP contribution in [0.4, 0.5) is 0 Å². The van der Waals surface area contributed by atoms with Gasteiger partial charge in [-0.25, -0.2) is 9.97 Å². The number of rotatable bonds is 1. The van der Waals surface area contributed by atoms with Crippen molar-refractivity contribution in [3.05, 3.63) is 22.4 Å². The number of H-pyrrole nitrogens is 2. The lowest BCUT2D eigenvalue weighted by Gasteiger charge is -2.06. The molecule has 0 spiro atoms. The third-order valence-electron chi connectivity index (χ3n) is 2.63. The summed E-state index contributed by atoms with van der Waals surface area (Å²) in [6.07, 6.45) is 3.18. The summed E-state index contributed by atoms with van der Waals surface area (Å²) in [6.45, 7) is 0. The van der Waals surface area contributed by atoms with Crippen molar-refractivity contribution in [3.8, 4) is 0 Å². The molecule has 1 fully saturated rings. The Kier molecular flexibility index (Phi) is 1.22. The first-order valence-corrected chi connectivity index (χ1v) is 4.41. The standard InChI is InChI=1S/C8H9N5O/c9-8(1-2-8)5-4-6(11-3-10-5)12-13-7(4)14/h3H,1-2,9H2,(H2,10,11,12,13,14). The van der Waals surface area contributed by atoms with Crippen LogP contribution in [-0.4, -0.2) is 20.2 Å². The van der Waals surface area contributed by atoms with Crippen LogP contribution in [0.2, 0.25) is 0 Å². The van der Waals surface area contributed by atoms with Gasteiger partial charge in [-0.15, -0.1) is 0 Å². The fourth-order valence-corrected chi connectivity index (χ4v) is 1.62. The minimum absolute atomic E-state index is 0.202. The van der Waals surface area contributed by atoms with E-state index >= 15 is 0 Å². The van der Waals surface area contributed by atoms with Crippen LogP contribution < -0.4 is 11.3 Å². The summed E-state index contributed by atoms with van der Waals surface area (Å²) in [5.41, 5.74) is 6.58. The molecule has 0 amide bonds. The van der Waals surface area contributed by atoms with Gasteiger partial charge in [-0.2, -0.15) is 0 Å². The van der Waals surface area contributed by atoms with Gasteiger partial charge in [0.25, 0.3) is 5.56 Å². The average molecular weight is 191 g/mol. The second-order valence-electron chi connectivity index (χ2n) is 3.68. The lowest BCUT2D eigenvalue weighted by Crippen LogP contribution is -2.22. The Morgan fingerprint density at radius 1 is 1.36 bits per heavy atom. The quantitative estimate of drug-likeness (QED) is 0.570. The van der Waals surface area contributed by atoms with Crippen LogP contribution in [0, 0.1) is 0 Å². The second kappa shape index (κ2) is 2.21. The molecule has 2 aromatic heterocycles. The minimum atomic E-state index is -0.406. The molecule has 0 bridgehead atoms. The van der Waals surface area contributed by atoms with Crippen LogP contribution in [0.15, 0.2) is 11.1 Å². The van der Waals surface area contributed by atoms with Crippen LogP contribution in [0.1, 0.15) is 18.5 Å². The molecule has 0 unspecified atom stereocenters. The molecule has 2 heterocycles. The topological polar surface area (TPSA) is 100 Å². The van der Waals surface area contributed by atoms with Crippen LogP contribution in [0.25, 0.3) is 11.0 Å². The maximum Gasteiger partial charge on any atom is 0.275 e. The molecule has 0 atom stereocenters. The first kappa shape index (κ1) is 7.69. The van der Waals surface area contributed by atoms with Gasteiger partial charge in [-0.3, -0.25) is 15.0 Å². The minimum Gasteiger partial charge on any atom is -0.320 e. The highest BCUT2D eigenvalue weighted by molar-refractivity contribution is 5.77. The first-order chi connectivity index (χ1) is 6.71. The molecule has 1 aliphatic carbocycles. The number of nitrogens with two attached hydrogens (primary N) is 1. The van der Waals surface area contributed by atoms with Crippen molar-refractivity contribution in [3.63, 3.8) is 0 Å². The van der Waals surface area contributed by atoms with E-state index in [1.165, 1.54) is 6.33 Å². The van der Waals surface area contributed by atoms with E-state index in [0.29, 0.717) is 16.7 Å². The third kappa shape index (κ3) is 0.856. The number of nitrogens with one attached hydrogen (secondary N) is 2. The van der Waals surface area contributed by atoms with E-state index in [2.05, 4.69) is 20.2 Å². The Hall–Kier alpha value is -1.69. The Labute approximate surface area is 78.5 Å². The van der Waals surface area contributed by atoms with Gasteiger partial charge in [0.1, 0.15) is 11.7 Å². The van der Waals surface area contributed by atoms with Crippen molar-refractivity contribution in [1.82, 2.24) is 20.2 Å². The molecule has 14 heavy (non-hydrogen) atoms. The van der Waals surface area contributed by atoms with Crippen molar-refractivity contribution >= 4 is 11.0 Å². The molecule has 1 saturated carbocycles. The monoisotopic (exact) mass is 191 g/mol. The summed E-state index contributed by atoms with van der Waals surface area (Å²) in [5.74, 6) is 0. The molecule has 1 aliphatic rings. The molecule has 4 N–H and O–H groups in total. The number of aromatic amines is 2. The molecule has 0 aromatic carbocycles. The Balaban J connectivity index is 2.43. The second-order valence-corrected chi connectivity index (χ2v) is 3.68. The Morgan fingerprint density at radius 3 is 2.86 bits per heavy atom. The van der Waals surface area contributed by atoms with Crippen LogP contribution in [0.5, 0.6) is 0 Å². The lowest BCUT2D eigenvalue weighted by molar-refractivity contribution is 0.713. The van der Waals surface area contributed by atoms with E-state index in [1.54, 1.807) is 0 Å². The van der Waals surface area contributed by atoms with Gasteiger partial charge in [0.05, 0.1) is 11.2 Å². The zero-order valence-electron chi connectivity index (χ0n) is 7.37. The van der Waals surface area contributed by atoms with Crippen molar-refractivity contribution in [1.29, 1.82) is 0 Å². The van der Waals surface area contributed by atoms with Crippen LogP contribution >= 0.6 is 0 Å². The zero-order chi connectivity index (χ0) is 9.76. The van der Waals surface area contributed by atoms with Crippen LogP contribution in [-0.2, 0) is 5.54 Å². The number of nitrogens with zero attached hydrogens (tertiary/aromatic N) is 2. The molecule has 0 saturated heterocycles. The number of fused-ring (bicyclic) bond motifs is 1. The smallest absolute Gasteiger partial charge is 0.275 e. The van der Waals surface area contributed by atoms with E-state index < -0.39 is 5.54 Å². The van der Waals surface area contributed by atoms with Gasteiger partial charge >= 0.3 is 0 Å². The SMILES string of the molecule is NC1(c2ncnc3[nH][nH]c(=O)c23)CC1. The summed E-state index contributed by atoms with van der Waals surface area (Å²) in [6, 6.07) is 0. The summed E-state index contributed by atoms with van der Waals surface area (Å²) in [5, 5.41) is 5.66. The fourth-order valence-electron chi connectivity index (χ4n) is 1.62. The molecule has 0 radical (unpaired) electrons. The Bertz CT molecular complexity index is 550. The van der Waals surface area contributed by atoms with Crippen molar-refractivity contribution < 1.29 is 0 Å². The summed E-state index contributed by atoms with van der Waals surface area (Å²) < 4.78 is 0. The molecule has 3 rings (SSSR count). The fraction of sp³-hybridized carbons (Fsp3) is 0.375. The van der Waals surface area contributed by atoms with E-state index in [4.69, 9.17) is 5.73 Å². The molecule has 72 valence electrons. The van der Waals surface area contributed by atoms with Gasteiger partial charge in [0, 0.05) is 0 Å². The van der Waals surface area contributed by atoms with E-state index in [0.717, 1.165) is 12.8 Å². The van der Waals surface area contributed by atoms with Gasteiger partial charge < -0.3 is 5.73 Å². The first-order valence-electron chi connectivity index (χ1n) is 4.41. The van der Waals surface area contributed by atoms with E-state index in [1.807, 2.05) is 0 Å². The zero-order valence-corrected chi connectivity index (χ0v) is 7.37. The van der Waals surface area contributed by atoms with Gasteiger partial charge in [0.2, 0.25) is 0 Å². The average Bonchev–Trinajstić information content (AvgIpc) is 2.83. The number of hydrogen-bond acceptors (Lipinski definition) is 4. The normalized spacial score (nSPS) is 18.6. The highest BCUT2D eigenvalue weighted by Crippen LogP contribution is 2.42. The Morgan fingerprint density at radius 2 is 2.14 bits per heavy atom. The predicted octanol–water partition coefficient (Wildman–Crippen LogP) is -0.406. The summed E-state index contributed by atoms with van der Waals surface area (Å²) >= 11 is 0. The number of aromatic nitrogens is 4. The highest BCUT2D eigenvalue weighted by atomic mass is 16.1. The van der Waals surface area contributed by atoms with Gasteiger partial charge in [-0.1, -0.05) is 0 Å².